The van der Waals surface area contributed by atoms with Gasteiger partial charge in [0.2, 0.25) is 5.91 Å². The van der Waals surface area contributed by atoms with E-state index in [0.29, 0.717) is 5.75 Å². The van der Waals surface area contributed by atoms with Gasteiger partial charge < -0.3 is 9.88 Å². The summed E-state index contributed by atoms with van der Waals surface area (Å²) in [5, 5.41) is 11.8. The third-order valence-electron chi connectivity index (χ3n) is 2.93. The van der Waals surface area contributed by atoms with E-state index in [4.69, 9.17) is 0 Å². The van der Waals surface area contributed by atoms with Gasteiger partial charge in [0.1, 0.15) is 5.82 Å². The van der Waals surface area contributed by atoms with Gasteiger partial charge in [-0.05, 0) is 24.5 Å². The van der Waals surface area contributed by atoms with Gasteiger partial charge in [-0.25, -0.2) is 0 Å². The molecule has 1 aromatic carbocycles. The molecule has 1 amide bonds. The van der Waals surface area contributed by atoms with Crippen molar-refractivity contribution in [2.24, 2.45) is 7.05 Å². The Bertz CT molecular complexity index is 627. The molecule has 0 aliphatic carbocycles. The number of anilines is 1. The molecule has 5 nitrogen and oxygen atoms in total. The van der Waals surface area contributed by atoms with Gasteiger partial charge in [-0.15, -0.1) is 22.0 Å². The average molecular weight is 322 g/mol. The maximum Gasteiger partial charge on any atom is 0.234 e. The van der Waals surface area contributed by atoms with Crippen molar-refractivity contribution < 1.29 is 4.79 Å². The van der Waals surface area contributed by atoms with Crippen LogP contribution in [0.2, 0.25) is 0 Å². The van der Waals surface area contributed by atoms with Crippen molar-refractivity contribution in [1.82, 2.24) is 14.8 Å². The van der Waals surface area contributed by atoms with Crippen LogP contribution < -0.4 is 5.32 Å². The van der Waals surface area contributed by atoms with Crippen LogP contribution in [0.5, 0.6) is 0 Å². The SMILES string of the molecule is CCc1nnc(SCC(=O)Nc2cccc(SC)c2)n1C. The molecule has 0 bridgehead atoms. The fourth-order valence-corrected chi connectivity index (χ4v) is 3.00. The number of aromatic nitrogens is 3. The lowest BCUT2D eigenvalue weighted by molar-refractivity contribution is -0.113. The number of amides is 1. The van der Waals surface area contributed by atoms with Gasteiger partial charge in [0.15, 0.2) is 5.16 Å². The van der Waals surface area contributed by atoms with Gasteiger partial charge >= 0.3 is 0 Å². The summed E-state index contributed by atoms with van der Waals surface area (Å²) in [6, 6.07) is 7.80. The van der Waals surface area contributed by atoms with Gasteiger partial charge in [0, 0.05) is 24.1 Å². The van der Waals surface area contributed by atoms with Crippen LogP contribution in [0.4, 0.5) is 5.69 Å². The molecule has 2 rings (SSSR count). The number of hydrogen-bond donors (Lipinski definition) is 1. The van der Waals surface area contributed by atoms with E-state index in [1.165, 1.54) is 11.8 Å². The third-order valence-corrected chi connectivity index (χ3v) is 4.67. The number of carbonyl (C=O) groups excluding carboxylic acids is 1. The Morgan fingerprint density at radius 2 is 2.19 bits per heavy atom. The summed E-state index contributed by atoms with van der Waals surface area (Å²) < 4.78 is 1.92. The van der Waals surface area contributed by atoms with Crippen LogP contribution in [0.25, 0.3) is 0 Å². The largest absolute Gasteiger partial charge is 0.325 e. The number of carbonyl (C=O) groups is 1. The van der Waals surface area contributed by atoms with Crippen LogP contribution in [0.3, 0.4) is 0 Å². The summed E-state index contributed by atoms with van der Waals surface area (Å²) in [5.74, 6) is 1.20. The number of nitrogens with one attached hydrogen (secondary N) is 1. The molecule has 0 spiro atoms. The Hall–Kier alpha value is -1.47. The zero-order valence-corrected chi connectivity index (χ0v) is 13.9. The molecule has 0 atom stereocenters. The molecule has 1 heterocycles. The molecular weight excluding hydrogens is 304 g/mol. The maximum absolute atomic E-state index is 12.0. The quantitative estimate of drug-likeness (QED) is 0.829. The minimum absolute atomic E-state index is 0.0423. The van der Waals surface area contributed by atoms with E-state index in [2.05, 4.69) is 15.5 Å². The van der Waals surface area contributed by atoms with Crippen LogP contribution in [0.1, 0.15) is 12.7 Å². The molecule has 2 aromatic rings. The van der Waals surface area contributed by atoms with E-state index in [0.717, 1.165) is 28.0 Å². The Labute approximate surface area is 132 Å². The van der Waals surface area contributed by atoms with E-state index in [9.17, 15) is 4.79 Å². The predicted molar refractivity (Wildman–Crippen MR) is 88.0 cm³/mol. The second-order valence-electron chi connectivity index (χ2n) is 4.38. The van der Waals surface area contributed by atoms with Crippen molar-refractivity contribution in [3.63, 3.8) is 0 Å². The Morgan fingerprint density at radius 1 is 1.38 bits per heavy atom. The van der Waals surface area contributed by atoms with E-state index in [1.807, 2.05) is 49.1 Å². The summed E-state index contributed by atoms with van der Waals surface area (Å²) in [6.45, 7) is 2.03. The molecular formula is C14H18N4OS2. The van der Waals surface area contributed by atoms with E-state index in [1.54, 1.807) is 11.8 Å². The first-order chi connectivity index (χ1) is 10.1. The van der Waals surface area contributed by atoms with Crippen LogP contribution in [0.15, 0.2) is 34.3 Å². The molecule has 0 aliphatic heterocycles. The second kappa shape index (κ2) is 7.51. The van der Waals surface area contributed by atoms with Crippen molar-refractivity contribution in [1.29, 1.82) is 0 Å². The first-order valence-corrected chi connectivity index (χ1v) is 8.80. The highest BCUT2D eigenvalue weighted by Crippen LogP contribution is 2.20. The van der Waals surface area contributed by atoms with Crippen molar-refractivity contribution in [3.8, 4) is 0 Å². The molecule has 1 aromatic heterocycles. The number of hydrogen-bond acceptors (Lipinski definition) is 5. The highest BCUT2D eigenvalue weighted by molar-refractivity contribution is 7.99. The lowest BCUT2D eigenvalue weighted by Gasteiger charge is -2.06. The fraction of sp³-hybridized carbons (Fsp3) is 0.357. The molecule has 1 N–H and O–H groups in total. The van der Waals surface area contributed by atoms with Crippen LogP contribution in [-0.4, -0.2) is 32.7 Å². The summed E-state index contributed by atoms with van der Waals surface area (Å²) in [7, 11) is 1.92. The summed E-state index contributed by atoms with van der Waals surface area (Å²) in [6.07, 6.45) is 2.84. The molecule has 21 heavy (non-hydrogen) atoms. The maximum atomic E-state index is 12.0. The zero-order valence-electron chi connectivity index (χ0n) is 12.3. The standard InChI is InChI=1S/C14H18N4OS2/c1-4-12-16-17-14(18(12)2)21-9-13(19)15-10-6-5-7-11(8-10)20-3/h5-8H,4,9H2,1-3H3,(H,15,19). The highest BCUT2D eigenvalue weighted by atomic mass is 32.2. The average Bonchev–Trinajstić information content (AvgIpc) is 2.85. The normalized spacial score (nSPS) is 10.6. The molecule has 0 radical (unpaired) electrons. The minimum atomic E-state index is -0.0423. The molecule has 0 saturated heterocycles. The van der Waals surface area contributed by atoms with E-state index in [-0.39, 0.29) is 5.91 Å². The van der Waals surface area contributed by atoms with Crippen molar-refractivity contribution in [3.05, 3.63) is 30.1 Å². The number of nitrogens with zero attached hydrogens (tertiary/aromatic N) is 3. The first-order valence-electron chi connectivity index (χ1n) is 6.59. The van der Waals surface area contributed by atoms with Gasteiger partial charge in [0.25, 0.3) is 0 Å². The number of thioether (sulfide) groups is 2. The smallest absolute Gasteiger partial charge is 0.234 e. The molecule has 0 fully saturated rings. The molecule has 112 valence electrons. The summed E-state index contributed by atoms with van der Waals surface area (Å²) >= 11 is 3.04. The fourth-order valence-electron chi connectivity index (χ4n) is 1.81. The highest BCUT2D eigenvalue weighted by Gasteiger charge is 2.10. The van der Waals surface area contributed by atoms with Gasteiger partial charge in [-0.1, -0.05) is 24.8 Å². The van der Waals surface area contributed by atoms with Crippen LogP contribution in [-0.2, 0) is 18.3 Å². The molecule has 0 aliphatic rings. The van der Waals surface area contributed by atoms with Crippen LogP contribution >= 0.6 is 23.5 Å². The van der Waals surface area contributed by atoms with Gasteiger partial charge in [0.05, 0.1) is 5.75 Å². The first kappa shape index (κ1) is 15.9. The Kier molecular flexibility index (Phi) is 5.69. The lowest BCUT2D eigenvalue weighted by atomic mass is 10.3. The van der Waals surface area contributed by atoms with E-state index < -0.39 is 0 Å². The number of benzene rings is 1. The Morgan fingerprint density at radius 3 is 2.86 bits per heavy atom. The lowest BCUT2D eigenvalue weighted by Crippen LogP contribution is -2.14. The Balaban J connectivity index is 1.91. The summed E-state index contributed by atoms with van der Waals surface area (Å²) in [5.41, 5.74) is 0.819. The van der Waals surface area contributed by atoms with Crippen LogP contribution in [0, 0.1) is 0 Å². The predicted octanol–water partition coefficient (Wildman–Crippen LogP) is 2.83. The molecule has 0 unspecified atom stereocenters. The minimum Gasteiger partial charge on any atom is -0.325 e. The van der Waals surface area contributed by atoms with Crippen molar-refractivity contribution in [2.45, 2.75) is 23.4 Å². The topological polar surface area (TPSA) is 59.8 Å². The van der Waals surface area contributed by atoms with Gasteiger partial charge in [-0.2, -0.15) is 0 Å². The summed E-state index contributed by atoms with van der Waals surface area (Å²) in [4.78, 5) is 13.1. The second-order valence-corrected chi connectivity index (χ2v) is 6.20. The van der Waals surface area contributed by atoms with Gasteiger partial charge in [-0.3, -0.25) is 4.79 Å². The third kappa shape index (κ3) is 4.25. The number of aryl methyl sites for hydroxylation is 1. The number of rotatable bonds is 6. The van der Waals surface area contributed by atoms with Crippen molar-refractivity contribution in [2.75, 3.05) is 17.3 Å². The molecule has 0 saturated carbocycles. The van der Waals surface area contributed by atoms with E-state index >= 15 is 0 Å². The van der Waals surface area contributed by atoms with Crippen molar-refractivity contribution >= 4 is 35.1 Å². The monoisotopic (exact) mass is 322 g/mol. The zero-order chi connectivity index (χ0) is 15.2. The molecule has 7 heteroatoms.